The first-order chi connectivity index (χ1) is 30.1. The van der Waals surface area contributed by atoms with Crippen molar-refractivity contribution in [3.05, 3.63) is 95.1 Å². The molecule has 2 N–H and O–H groups in total. The summed E-state index contributed by atoms with van der Waals surface area (Å²) in [6.45, 7) is 1.97. The molecule has 3 amide bonds. The van der Waals surface area contributed by atoms with E-state index in [9.17, 15) is 41.8 Å². The van der Waals surface area contributed by atoms with Crippen LogP contribution in [0.4, 0.5) is 40.3 Å². The van der Waals surface area contributed by atoms with Gasteiger partial charge in [-0.05, 0) is 60.7 Å². The van der Waals surface area contributed by atoms with Crippen LogP contribution in [0.1, 0.15) is 67.1 Å². The Labute approximate surface area is 360 Å². The summed E-state index contributed by atoms with van der Waals surface area (Å²) in [7, 11) is 4.47. The van der Waals surface area contributed by atoms with Crippen LogP contribution in [0.2, 0.25) is 0 Å². The smallest absolute Gasteiger partial charge is 0.339 e. The number of aromatic carboxylic acids is 1. The van der Waals surface area contributed by atoms with Gasteiger partial charge < -0.3 is 49.0 Å². The molecule has 4 aromatic carbocycles. The first-order valence-electron chi connectivity index (χ1n) is 20.4. The number of amides is 3. The molecule has 63 heavy (non-hydrogen) atoms. The van der Waals surface area contributed by atoms with Gasteiger partial charge in [-0.2, -0.15) is 0 Å². The number of benzene rings is 4. The number of carbonyl (C=O) groups excluding carboxylic acids is 3. The molecule has 4 aliphatic heterocycles. The number of alkyl halides is 4. The number of rotatable bonds is 8. The molecule has 18 heteroatoms. The molecule has 0 unspecified atom stereocenters. The average Bonchev–Trinajstić information content (AvgIpc) is 3.29. The van der Waals surface area contributed by atoms with Crippen LogP contribution < -0.4 is 34.1 Å². The molecule has 0 saturated carbocycles. The summed E-state index contributed by atoms with van der Waals surface area (Å²) in [6, 6.07) is 20.3. The predicted molar refractivity (Wildman–Crippen MR) is 224 cm³/mol. The predicted octanol–water partition coefficient (Wildman–Crippen LogP) is 7.25. The number of carboxylic acids is 1. The maximum atomic E-state index is 13.4. The SMILES string of the molecule is CNC(=O)c1ccc(N2CCOc3cc(C(=O)N4CCC(F)(F)CC4)ccc32)cc1OC.COc1cc(N2CCOc3cc(C(=O)N4CCC(F)(F)CC4)ccc32)ccc1C(=O)O. The Balaban J connectivity index is 0.000000189. The fourth-order valence-electron chi connectivity index (χ4n) is 7.88. The van der Waals surface area contributed by atoms with Crippen molar-refractivity contribution in [2.75, 3.05) is 83.5 Å². The van der Waals surface area contributed by atoms with Crippen molar-refractivity contribution < 1.29 is 60.8 Å². The molecule has 14 nitrogen and oxygen atoms in total. The van der Waals surface area contributed by atoms with Crippen LogP contribution in [0.25, 0.3) is 0 Å². The van der Waals surface area contributed by atoms with Crippen LogP contribution in [0.5, 0.6) is 23.0 Å². The molecule has 2 fully saturated rings. The zero-order valence-corrected chi connectivity index (χ0v) is 34.9. The maximum Gasteiger partial charge on any atom is 0.339 e. The Morgan fingerprint density at radius 2 is 1.02 bits per heavy atom. The molecule has 0 spiro atoms. The van der Waals surface area contributed by atoms with Crippen molar-refractivity contribution in [1.82, 2.24) is 15.1 Å². The van der Waals surface area contributed by atoms with E-state index < -0.39 is 17.8 Å². The van der Waals surface area contributed by atoms with Crippen LogP contribution in [-0.2, 0) is 0 Å². The Hall–Kier alpha value is -6.72. The maximum absolute atomic E-state index is 13.4. The molecule has 4 aliphatic rings. The van der Waals surface area contributed by atoms with Gasteiger partial charge in [0.1, 0.15) is 41.8 Å². The molecule has 8 rings (SSSR count). The minimum absolute atomic E-state index is 0.0195. The number of carboxylic acid groups (broad SMARTS) is 1. The number of hydrogen-bond acceptors (Lipinski definition) is 10. The molecule has 4 heterocycles. The zero-order valence-electron chi connectivity index (χ0n) is 34.9. The van der Waals surface area contributed by atoms with E-state index in [1.807, 2.05) is 15.9 Å². The molecule has 0 aromatic heterocycles. The van der Waals surface area contributed by atoms with Gasteiger partial charge in [0.25, 0.3) is 29.6 Å². The second kappa shape index (κ2) is 18.3. The Bertz CT molecular complexity index is 2380. The van der Waals surface area contributed by atoms with E-state index in [2.05, 4.69) is 5.32 Å². The van der Waals surface area contributed by atoms with Gasteiger partial charge in [-0.1, -0.05) is 0 Å². The van der Waals surface area contributed by atoms with E-state index in [1.54, 1.807) is 67.7 Å². The lowest BCUT2D eigenvalue weighted by molar-refractivity contribution is -0.0503. The Morgan fingerprint density at radius 3 is 1.41 bits per heavy atom. The quantitative estimate of drug-likeness (QED) is 0.172. The molecular weight excluding hydrogens is 831 g/mol. The molecular formula is C45H47F4N5O9. The summed E-state index contributed by atoms with van der Waals surface area (Å²) in [4.78, 5) is 55.8. The van der Waals surface area contributed by atoms with E-state index in [0.717, 1.165) is 22.7 Å². The lowest BCUT2D eigenvalue weighted by Gasteiger charge is -2.33. The summed E-state index contributed by atoms with van der Waals surface area (Å²) in [5, 5.41) is 11.9. The van der Waals surface area contributed by atoms with Crippen LogP contribution in [0.3, 0.4) is 0 Å². The van der Waals surface area contributed by atoms with Crippen molar-refractivity contribution in [2.45, 2.75) is 37.5 Å². The van der Waals surface area contributed by atoms with Gasteiger partial charge in [0.2, 0.25) is 0 Å². The van der Waals surface area contributed by atoms with Gasteiger partial charge in [0.05, 0.1) is 44.2 Å². The number of nitrogens with one attached hydrogen (secondary N) is 1. The van der Waals surface area contributed by atoms with Crippen molar-refractivity contribution in [3.63, 3.8) is 0 Å². The van der Waals surface area contributed by atoms with Gasteiger partial charge >= 0.3 is 5.97 Å². The largest absolute Gasteiger partial charge is 0.496 e. The molecule has 0 atom stereocenters. The third kappa shape index (κ3) is 9.69. The van der Waals surface area contributed by atoms with E-state index in [4.69, 9.17) is 18.9 Å². The molecule has 4 aromatic rings. The standard InChI is InChI=1S/C23H25F2N3O4.C22H22F2N2O5/c1-26-21(29)17-5-4-16(14-19(17)31-2)28-11-12-32-20-13-15(3-6-18(20)28)22(30)27-9-7-23(24,25)8-10-27;1-30-18-13-15(3-4-16(18)21(28)29)26-10-11-31-19-12-14(2-5-17(19)26)20(27)25-8-6-22(23,24)7-9-25/h3-6,13-14H,7-12H2,1-2H3,(H,26,29);2-5,12-13H,6-11H2,1H3,(H,28,29). The highest BCUT2D eigenvalue weighted by Gasteiger charge is 2.37. The van der Waals surface area contributed by atoms with E-state index in [1.165, 1.54) is 30.1 Å². The molecule has 0 aliphatic carbocycles. The van der Waals surface area contributed by atoms with Crippen LogP contribution in [-0.4, -0.2) is 124 Å². The first kappa shape index (κ1) is 44.3. The number of hydrogen-bond donors (Lipinski definition) is 2. The number of halogens is 4. The van der Waals surface area contributed by atoms with Crippen molar-refractivity contribution >= 4 is 46.4 Å². The number of ether oxygens (including phenoxy) is 4. The monoisotopic (exact) mass is 877 g/mol. The van der Waals surface area contributed by atoms with E-state index in [-0.39, 0.29) is 80.9 Å². The highest BCUT2D eigenvalue weighted by molar-refractivity contribution is 5.98. The van der Waals surface area contributed by atoms with Gasteiger partial charge in [-0.15, -0.1) is 0 Å². The lowest BCUT2D eigenvalue weighted by atomic mass is 10.0. The molecule has 2 saturated heterocycles. The van der Waals surface area contributed by atoms with Gasteiger partial charge in [0, 0.05) is 93.5 Å². The summed E-state index contributed by atoms with van der Waals surface area (Å²) in [5.41, 5.74) is 4.31. The number of nitrogens with zero attached hydrogens (tertiary/aromatic N) is 4. The first-order valence-corrected chi connectivity index (χ1v) is 20.4. The van der Waals surface area contributed by atoms with Crippen molar-refractivity contribution in [3.8, 4) is 23.0 Å². The number of anilines is 4. The molecule has 0 radical (unpaired) electrons. The Kier molecular flexibility index (Phi) is 12.9. The fraction of sp³-hybridized carbons (Fsp3) is 0.378. The zero-order chi connectivity index (χ0) is 45.1. The second-order valence-electron chi connectivity index (χ2n) is 15.3. The normalized spacial score (nSPS) is 17.4. The lowest BCUT2D eigenvalue weighted by Crippen LogP contribution is -2.42. The molecule has 334 valence electrons. The summed E-state index contributed by atoms with van der Waals surface area (Å²) >= 11 is 0. The average molecular weight is 878 g/mol. The summed E-state index contributed by atoms with van der Waals surface area (Å²) < 4.78 is 75.8. The number of carbonyl (C=O) groups is 4. The number of likely N-dealkylation sites (tertiary alicyclic amines) is 2. The van der Waals surface area contributed by atoms with Gasteiger partial charge in [-0.3, -0.25) is 14.4 Å². The van der Waals surface area contributed by atoms with Gasteiger partial charge in [0.15, 0.2) is 0 Å². The molecule has 0 bridgehead atoms. The third-order valence-corrected chi connectivity index (χ3v) is 11.4. The second-order valence-corrected chi connectivity index (χ2v) is 15.3. The van der Waals surface area contributed by atoms with Crippen molar-refractivity contribution in [1.29, 1.82) is 0 Å². The van der Waals surface area contributed by atoms with Crippen molar-refractivity contribution in [2.24, 2.45) is 0 Å². The van der Waals surface area contributed by atoms with Crippen LogP contribution >= 0.6 is 0 Å². The highest BCUT2D eigenvalue weighted by Crippen LogP contribution is 2.41. The number of methoxy groups -OCH3 is 2. The number of piperidine rings is 2. The minimum Gasteiger partial charge on any atom is -0.496 e. The Morgan fingerprint density at radius 1 is 0.603 bits per heavy atom. The summed E-state index contributed by atoms with van der Waals surface area (Å²) in [6.07, 6.45) is -1.30. The minimum atomic E-state index is -2.71. The van der Waals surface area contributed by atoms with Gasteiger partial charge in [-0.25, -0.2) is 22.4 Å². The third-order valence-electron chi connectivity index (χ3n) is 11.4. The topological polar surface area (TPSA) is 150 Å². The summed E-state index contributed by atoms with van der Waals surface area (Å²) in [5.74, 6) is -5.58. The fourth-order valence-corrected chi connectivity index (χ4v) is 7.88. The van der Waals surface area contributed by atoms with E-state index >= 15 is 0 Å². The van der Waals surface area contributed by atoms with Crippen LogP contribution in [0, 0.1) is 0 Å². The highest BCUT2D eigenvalue weighted by atomic mass is 19.3. The van der Waals surface area contributed by atoms with Crippen LogP contribution in [0.15, 0.2) is 72.8 Å². The van der Waals surface area contributed by atoms with E-state index in [0.29, 0.717) is 60.2 Å². The number of fused-ring (bicyclic) bond motifs is 2.